The Bertz CT molecular complexity index is 666. The molecule has 2 aromatic rings. The van der Waals surface area contributed by atoms with Gasteiger partial charge in [-0.25, -0.2) is 8.78 Å². The molecule has 0 aromatic heterocycles. The zero-order chi connectivity index (χ0) is 15.4. The number of rotatable bonds is 4. The zero-order valence-electron chi connectivity index (χ0n) is 11.1. The van der Waals surface area contributed by atoms with Crippen molar-refractivity contribution in [3.05, 3.63) is 59.1 Å². The minimum Gasteiger partial charge on any atom is -0.325 e. The van der Waals surface area contributed by atoms with E-state index in [-0.39, 0.29) is 11.6 Å². The van der Waals surface area contributed by atoms with E-state index in [4.69, 9.17) is 11.6 Å². The topological polar surface area (TPSA) is 29.1 Å². The lowest BCUT2D eigenvalue weighted by Gasteiger charge is -2.13. The Morgan fingerprint density at radius 2 is 1.90 bits per heavy atom. The van der Waals surface area contributed by atoms with E-state index in [0.717, 1.165) is 17.0 Å². The summed E-state index contributed by atoms with van der Waals surface area (Å²) in [4.78, 5) is 12.8. The number of hydrogen-bond acceptors (Lipinski definition) is 2. The molecule has 110 valence electrons. The number of carbonyl (C=O) groups is 1. The summed E-state index contributed by atoms with van der Waals surface area (Å²) in [6, 6.07) is 10.4. The lowest BCUT2D eigenvalue weighted by molar-refractivity contribution is -0.115. The molecule has 21 heavy (non-hydrogen) atoms. The van der Waals surface area contributed by atoms with Gasteiger partial charge in [-0.3, -0.25) is 4.79 Å². The minimum absolute atomic E-state index is 0.213. The summed E-state index contributed by atoms with van der Waals surface area (Å²) >= 11 is 7.32. The molecular weight excluding hydrogens is 316 g/mol. The van der Waals surface area contributed by atoms with E-state index >= 15 is 0 Å². The molecule has 0 saturated carbocycles. The molecule has 1 amide bonds. The van der Waals surface area contributed by atoms with Gasteiger partial charge < -0.3 is 5.32 Å². The van der Waals surface area contributed by atoms with Crippen LogP contribution >= 0.6 is 23.4 Å². The van der Waals surface area contributed by atoms with Gasteiger partial charge in [0.25, 0.3) is 0 Å². The standard InChI is InChI=1S/C15H12ClF2NOS/c1-9(21-14-5-3-2-4-11(14)16)15(20)19-10-6-7-12(17)13(18)8-10/h2-9H,1H3,(H,19,20). The second kappa shape index (κ2) is 6.91. The van der Waals surface area contributed by atoms with Gasteiger partial charge in [0.1, 0.15) is 0 Å². The summed E-state index contributed by atoms with van der Waals surface area (Å²) in [5, 5.41) is 2.67. The average molecular weight is 328 g/mol. The molecular formula is C15H12ClF2NOS. The molecule has 1 N–H and O–H groups in total. The van der Waals surface area contributed by atoms with Crippen LogP contribution in [0.25, 0.3) is 0 Å². The molecule has 0 aliphatic heterocycles. The predicted molar refractivity (Wildman–Crippen MR) is 81.8 cm³/mol. The van der Waals surface area contributed by atoms with Gasteiger partial charge in [-0.2, -0.15) is 0 Å². The SMILES string of the molecule is CC(Sc1ccccc1Cl)C(=O)Nc1ccc(F)c(F)c1. The number of anilines is 1. The number of amides is 1. The van der Waals surface area contributed by atoms with Crippen LogP contribution < -0.4 is 5.32 Å². The Morgan fingerprint density at radius 3 is 2.57 bits per heavy atom. The molecule has 0 fully saturated rings. The molecule has 0 saturated heterocycles. The van der Waals surface area contributed by atoms with E-state index in [1.54, 1.807) is 19.1 Å². The fourth-order valence-corrected chi connectivity index (χ4v) is 2.76. The van der Waals surface area contributed by atoms with Crippen molar-refractivity contribution in [2.24, 2.45) is 0 Å². The molecule has 2 aromatic carbocycles. The molecule has 0 spiro atoms. The van der Waals surface area contributed by atoms with Gasteiger partial charge in [0.05, 0.1) is 10.3 Å². The van der Waals surface area contributed by atoms with E-state index in [9.17, 15) is 13.6 Å². The van der Waals surface area contributed by atoms with E-state index in [1.807, 2.05) is 12.1 Å². The summed E-state index contributed by atoms with van der Waals surface area (Å²) in [6.45, 7) is 1.71. The van der Waals surface area contributed by atoms with Crippen molar-refractivity contribution in [1.82, 2.24) is 0 Å². The highest BCUT2D eigenvalue weighted by Crippen LogP contribution is 2.30. The van der Waals surface area contributed by atoms with Crippen LogP contribution in [0.3, 0.4) is 0 Å². The molecule has 0 radical (unpaired) electrons. The zero-order valence-corrected chi connectivity index (χ0v) is 12.6. The van der Waals surface area contributed by atoms with E-state index in [1.165, 1.54) is 17.8 Å². The molecule has 2 nitrogen and oxygen atoms in total. The van der Waals surface area contributed by atoms with Gasteiger partial charge in [-0.05, 0) is 31.2 Å². The Labute approximate surface area is 130 Å². The largest absolute Gasteiger partial charge is 0.325 e. The summed E-state index contributed by atoms with van der Waals surface area (Å²) in [6.07, 6.45) is 0. The Hall–Kier alpha value is -1.59. The van der Waals surface area contributed by atoms with Crippen LogP contribution in [0.4, 0.5) is 14.5 Å². The number of carbonyl (C=O) groups excluding carboxylic acids is 1. The van der Waals surface area contributed by atoms with Crippen molar-refractivity contribution in [3.8, 4) is 0 Å². The van der Waals surface area contributed by atoms with Gasteiger partial charge >= 0.3 is 0 Å². The highest BCUT2D eigenvalue weighted by atomic mass is 35.5. The highest BCUT2D eigenvalue weighted by Gasteiger charge is 2.16. The number of hydrogen-bond donors (Lipinski definition) is 1. The fourth-order valence-electron chi connectivity index (χ4n) is 1.60. The molecule has 0 aliphatic carbocycles. The first kappa shape index (κ1) is 15.8. The maximum Gasteiger partial charge on any atom is 0.237 e. The van der Waals surface area contributed by atoms with Crippen LogP contribution in [0.1, 0.15) is 6.92 Å². The van der Waals surface area contributed by atoms with Crippen LogP contribution in [0.2, 0.25) is 5.02 Å². The first-order valence-corrected chi connectivity index (χ1v) is 7.40. The van der Waals surface area contributed by atoms with Crippen molar-refractivity contribution in [2.75, 3.05) is 5.32 Å². The number of thioether (sulfide) groups is 1. The maximum atomic E-state index is 13.1. The number of benzene rings is 2. The molecule has 0 bridgehead atoms. The van der Waals surface area contributed by atoms with Crippen LogP contribution in [0, 0.1) is 11.6 Å². The lowest BCUT2D eigenvalue weighted by atomic mass is 10.3. The van der Waals surface area contributed by atoms with Crippen LogP contribution in [-0.4, -0.2) is 11.2 Å². The Morgan fingerprint density at radius 1 is 1.19 bits per heavy atom. The second-order valence-electron chi connectivity index (χ2n) is 4.31. The average Bonchev–Trinajstić information content (AvgIpc) is 2.45. The first-order valence-electron chi connectivity index (χ1n) is 6.14. The third-order valence-electron chi connectivity index (χ3n) is 2.70. The van der Waals surface area contributed by atoms with Crippen molar-refractivity contribution in [2.45, 2.75) is 17.1 Å². The van der Waals surface area contributed by atoms with Crippen molar-refractivity contribution >= 4 is 35.0 Å². The quantitative estimate of drug-likeness (QED) is 0.822. The molecule has 1 atom stereocenters. The molecule has 2 rings (SSSR count). The lowest BCUT2D eigenvalue weighted by Crippen LogP contribution is -2.22. The predicted octanol–water partition coefficient (Wildman–Crippen LogP) is 4.74. The first-order chi connectivity index (χ1) is 9.97. The minimum atomic E-state index is -1.00. The Balaban J connectivity index is 2.02. The summed E-state index contributed by atoms with van der Waals surface area (Å²) in [5.41, 5.74) is 0.213. The van der Waals surface area contributed by atoms with Crippen molar-refractivity contribution in [3.63, 3.8) is 0 Å². The van der Waals surface area contributed by atoms with Crippen molar-refractivity contribution < 1.29 is 13.6 Å². The van der Waals surface area contributed by atoms with Crippen LogP contribution in [0.5, 0.6) is 0 Å². The number of halogens is 3. The molecule has 0 aliphatic rings. The van der Waals surface area contributed by atoms with Crippen LogP contribution in [-0.2, 0) is 4.79 Å². The smallest absolute Gasteiger partial charge is 0.237 e. The molecule has 1 unspecified atom stereocenters. The summed E-state index contributed by atoms with van der Waals surface area (Å²) in [5.74, 6) is -2.27. The van der Waals surface area contributed by atoms with Gasteiger partial charge in [0.2, 0.25) is 5.91 Å². The van der Waals surface area contributed by atoms with Crippen LogP contribution in [0.15, 0.2) is 47.4 Å². The summed E-state index contributed by atoms with van der Waals surface area (Å²) < 4.78 is 25.9. The third-order valence-corrected chi connectivity index (χ3v) is 4.32. The molecule has 6 heteroatoms. The maximum absolute atomic E-state index is 13.1. The van der Waals surface area contributed by atoms with E-state index < -0.39 is 16.9 Å². The van der Waals surface area contributed by atoms with E-state index in [0.29, 0.717) is 5.02 Å². The third kappa shape index (κ3) is 4.19. The number of nitrogens with one attached hydrogen (secondary N) is 1. The molecule has 0 heterocycles. The van der Waals surface area contributed by atoms with E-state index in [2.05, 4.69) is 5.32 Å². The normalized spacial score (nSPS) is 12.0. The van der Waals surface area contributed by atoms with Gasteiger partial charge in [-0.15, -0.1) is 11.8 Å². The monoisotopic (exact) mass is 327 g/mol. The Kier molecular flexibility index (Phi) is 5.20. The fraction of sp³-hybridized carbons (Fsp3) is 0.133. The summed E-state index contributed by atoms with van der Waals surface area (Å²) in [7, 11) is 0. The second-order valence-corrected chi connectivity index (χ2v) is 6.10. The van der Waals surface area contributed by atoms with Gasteiger partial charge in [-0.1, -0.05) is 23.7 Å². The highest BCUT2D eigenvalue weighted by molar-refractivity contribution is 8.00. The van der Waals surface area contributed by atoms with Gasteiger partial charge in [0, 0.05) is 16.6 Å². The van der Waals surface area contributed by atoms with Crippen molar-refractivity contribution in [1.29, 1.82) is 0 Å². The van der Waals surface area contributed by atoms with Gasteiger partial charge in [0.15, 0.2) is 11.6 Å².